The standard InChI is InChI=1S/C5H4F7/c1-2(6)4(9,10)5(11,12)3(7)8/h3H,1H3. The van der Waals surface area contributed by atoms with Gasteiger partial charge in [-0.1, -0.05) is 0 Å². The lowest BCUT2D eigenvalue weighted by Gasteiger charge is -2.25. The van der Waals surface area contributed by atoms with E-state index in [-0.39, 0.29) is 6.92 Å². The zero-order valence-corrected chi connectivity index (χ0v) is 5.72. The lowest BCUT2D eigenvalue weighted by atomic mass is 10.1. The molecule has 0 nitrogen and oxygen atoms in total. The van der Waals surface area contributed by atoms with E-state index in [9.17, 15) is 30.7 Å². The van der Waals surface area contributed by atoms with E-state index in [1.165, 1.54) is 0 Å². The maximum atomic E-state index is 11.9. The van der Waals surface area contributed by atoms with E-state index >= 15 is 0 Å². The first kappa shape index (κ1) is 11.5. The molecule has 12 heavy (non-hydrogen) atoms. The van der Waals surface area contributed by atoms with Gasteiger partial charge in [-0.15, -0.1) is 0 Å². The van der Waals surface area contributed by atoms with Crippen molar-refractivity contribution in [3.63, 3.8) is 0 Å². The first-order valence-electron chi connectivity index (χ1n) is 2.67. The molecule has 0 aromatic carbocycles. The lowest BCUT2D eigenvalue weighted by Crippen LogP contribution is -2.48. The van der Waals surface area contributed by atoms with E-state index in [2.05, 4.69) is 0 Å². The molecule has 0 fully saturated rings. The van der Waals surface area contributed by atoms with Gasteiger partial charge in [-0.2, -0.15) is 17.6 Å². The number of halogens is 7. The van der Waals surface area contributed by atoms with Gasteiger partial charge in [0, 0.05) is 0 Å². The summed E-state index contributed by atoms with van der Waals surface area (Å²) in [7, 11) is 0. The fraction of sp³-hybridized carbons (Fsp3) is 0.800. The summed E-state index contributed by atoms with van der Waals surface area (Å²) in [4.78, 5) is 0. The minimum absolute atomic E-state index is 0.0102. The number of hydrogen-bond acceptors (Lipinski definition) is 0. The zero-order chi connectivity index (χ0) is 10.2. The molecular formula is C5H4F7. The molecule has 0 heterocycles. The van der Waals surface area contributed by atoms with E-state index in [0.717, 1.165) is 0 Å². The Balaban J connectivity index is 4.75. The zero-order valence-electron chi connectivity index (χ0n) is 5.72. The predicted molar refractivity (Wildman–Crippen MR) is 25.9 cm³/mol. The van der Waals surface area contributed by atoms with Gasteiger partial charge < -0.3 is 0 Å². The summed E-state index contributed by atoms with van der Waals surface area (Å²) in [5.74, 6) is -11.1. The topological polar surface area (TPSA) is 0 Å². The van der Waals surface area contributed by atoms with E-state index in [0.29, 0.717) is 0 Å². The Hall–Kier alpha value is -0.490. The third-order valence-corrected chi connectivity index (χ3v) is 1.13. The SMILES string of the molecule is C[C](F)C(F)(F)C(F)(F)C(F)F. The molecule has 0 aliphatic rings. The molecule has 0 bridgehead atoms. The minimum Gasteiger partial charge on any atom is -0.233 e. The van der Waals surface area contributed by atoms with Crippen molar-refractivity contribution in [2.45, 2.75) is 25.2 Å². The third-order valence-electron chi connectivity index (χ3n) is 1.13. The molecule has 0 amide bonds. The number of rotatable bonds is 3. The van der Waals surface area contributed by atoms with Gasteiger partial charge in [0.05, 0.1) is 0 Å². The molecule has 0 saturated heterocycles. The Kier molecular flexibility index (Phi) is 2.97. The summed E-state index contributed by atoms with van der Waals surface area (Å²) < 4.78 is 81.7. The second kappa shape index (κ2) is 3.10. The van der Waals surface area contributed by atoms with Crippen molar-refractivity contribution in [3.8, 4) is 0 Å². The van der Waals surface area contributed by atoms with Crippen LogP contribution in [0.2, 0.25) is 0 Å². The lowest BCUT2D eigenvalue weighted by molar-refractivity contribution is -0.263. The molecule has 0 spiro atoms. The molecule has 0 aromatic heterocycles. The van der Waals surface area contributed by atoms with Crippen molar-refractivity contribution in [2.75, 3.05) is 0 Å². The molecule has 0 rings (SSSR count). The van der Waals surface area contributed by atoms with Crippen LogP contribution in [-0.2, 0) is 0 Å². The Labute approximate surface area is 63.4 Å². The molecule has 0 saturated carbocycles. The number of hydrogen-bond donors (Lipinski definition) is 0. The molecule has 0 N–H and O–H groups in total. The van der Waals surface area contributed by atoms with Crippen molar-refractivity contribution in [2.24, 2.45) is 0 Å². The van der Waals surface area contributed by atoms with Gasteiger partial charge in [-0.3, -0.25) is 0 Å². The van der Waals surface area contributed by atoms with Gasteiger partial charge in [0.1, 0.15) is 0 Å². The van der Waals surface area contributed by atoms with Gasteiger partial charge in [-0.25, -0.2) is 13.2 Å². The van der Waals surface area contributed by atoms with Crippen molar-refractivity contribution in [3.05, 3.63) is 6.17 Å². The highest BCUT2D eigenvalue weighted by atomic mass is 19.3. The van der Waals surface area contributed by atoms with E-state index in [1.54, 1.807) is 0 Å². The maximum absolute atomic E-state index is 11.9. The average molecular weight is 197 g/mol. The van der Waals surface area contributed by atoms with Crippen molar-refractivity contribution < 1.29 is 30.7 Å². The molecular weight excluding hydrogens is 193 g/mol. The van der Waals surface area contributed by atoms with Crippen LogP contribution < -0.4 is 0 Å². The second-order valence-corrected chi connectivity index (χ2v) is 2.03. The molecule has 73 valence electrons. The Morgan fingerprint density at radius 3 is 1.50 bits per heavy atom. The van der Waals surface area contributed by atoms with Crippen molar-refractivity contribution in [1.29, 1.82) is 0 Å². The molecule has 0 aromatic rings. The van der Waals surface area contributed by atoms with Crippen LogP contribution in [0.15, 0.2) is 0 Å². The van der Waals surface area contributed by atoms with Gasteiger partial charge in [0.2, 0.25) is 6.17 Å². The van der Waals surface area contributed by atoms with E-state index in [1.807, 2.05) is 0 Å². The largest absolute Gasteiger partial charge is 0.372 e. The molecule has 7 heteroatoms. The summed E-state index contributed by atoms with van der Waals surface area (Å²) in [6.07, 6.45) is -7.13. The van der Waals surface area contributed by atoms with Crippen LogP contribution in [0.25, 0.3) is 0 Å². The fourth-order valence-corrected chi connectivity index (χ4v) is 0.367. The maximum Gasteiger partial charge on any atom is 0.372 e. The van der Waals surface area contributed by atoms with Crippen molar-refractivity contribution >= 4 is 0 Å². The van der Waals surface area contributed by atoms with Crippen LogP contribution in [0.4, 0.5) is 30.7 Å². The highest BCUT2D eigenvalue weighted by molar-refractivity contribution is 5.00. The van der Waals surface area contributed by atoms with Crippen LogP contribution in [0, 0.1) is 6.17 Å². The Morgan fingerprint density at radius 2 is 1.42 bits per heavy atom. The van der Waals surface area contributed by atoms with E-state index in [4.69, 9.17) is 0 Å². The highest BCUT2D eigenvalue weighted by Crippen LogP contribution is 2.45. The average Bonchev–Trinajstić information content (AvgIpc) is 1.86. The highest BCUT2D eigenvalue weighted by Gasteiger charge is 2.66. The monoisotopic (exact) mass is 197 g/mol. The normalized spacial score (nSPS) is 14.5. The Morgan fingerprint density at radius 1 is 1.08 bits per heavy atom. The second-order valence-electron chi connectivity index (χ2n) is 2.03. The quantitative estimate of drug-likeness (QED) is 0.610. The molecule has 0 aliphatic carbocycles. The van der Waals surface area contributed by atoms with Crippen LogP contribution in [0.1, 0.15) is 6.92 Å². The third kappa shape index (κ3) is 1.64. The van der Waals surface area contributed by atoms with E-state index < -0.39 is 24.4 Å². The fourth-order valence-electron chi connectivity index (χ4n) is 0.367. The summed E-state index contributed by atoms with van der Waals surface area (Å²) in [5, 5.41) is 0. The van der Waals surface area contributed by atoms with Gasteiger partial charge >= 0.3 is 18.3 Å². The summed E-state index contributed by atoms with van der Waals surface area (Å²) in [5.41, 5.74) is 0. The van der Waals surface area contributed by atoms with Crippen LogP contribution in [-0.4, -0.2) is 18.3 Å². The summed E-state index contributed by atoms with van der Waals surface area (Å²) in [6.45, 7) is 0.0102. The van der Waals surface area contributed by atoms with Gasteiger partial charge in [-0.05, 0) is 6.92 Å². The van der Waals surface area contributed by atoms with Crippen LogP contribution in [0.3, 0.4) is 0 Å². The molecule has 0 aliphatic heterocycles. The van der Waals surface area contributed by atoms with Gasteiger partial charge in [0.15, 0.2) is 0 Å². The summed E-state index contributed by atoms with van der Waals surface area (Å²) in [6, 6.07) is 0. The van der Waals surface area contributed by atoms with Crippen molar-refractivity contribution in [1.82, 2.24) is 0 Å². The Bertz CT molecular complexity index is 132. The van der Waals surface area contributed by atoms with Gasteiger partial charge in [0.25, 0.3) is 0 Å². The molecule has 0 atom stereocenters. The number of alkyl halides is 6. The van der Waals surface area contributed by atoms with Crippen LogP contribution in [0.5, 0.6) is 0 Å². The molecule has 1 radical (unpaired) electrons. The minimum atomic E-state index is -5.66. The first-order valence-corrected chi connectivity index (χ1v) is 2.67. The predicted octanol–water partition coefficient (Wildman–Crippen LogP) is 3.04. The first-order chi connectivity index (χ1) is 5.14. The van der Waals surface area contributed by atoms with Crippen LogP contribution >= 0.6 is 0 Å². The molecule has 0 unspecified atom stereocenters. The summed E-state index contributed by atoms with van der Waals surface area (Å²) >= 11 is 0. The smallest absolute Gasteiger partial charge is 0.233 e.